The van der Waals surface area contributed by atoms with E-state index in [1.54, 1.807) is 0 Å². The van der Waals surface area contributed by atoms with Crippen molar-refractivity contribution in [1.82, 2.24) is 15.5 Å². The molecule has 132 valence electrons. The van der Waals surface area contributed by atoms with Crippen molar-refractivity contribution in [3.8, 4) is 0 Å². The SMILES string of the molecule is CCCCCC(C)NC(=NCC1CCN(CC)C1)NCC.I. The molecule has 0 aromatic rings. The zero-order valence-corrected chi connectivity index (χ0v) is 17.4. The summed E-state index contributed by atoms with van der Waals surface area (Å²) in [6.07, 6.45) is 6.44. The molecular weight excluding hydrogens is 387 g/mol. The number of hydrogen-bond donors (Lipinski definition) is 2. The molecule has 2 atom stereocenters. The van der Waals surface area contributed by atoms with E-state index in [4.69, 9.17) is 4.99 Å². The van der Waals surface area contributed by atoms with E-state index in [0.717, 1.165) is 25.0 Å². The van der Waals surface area contributed by atoms with Gasteiger partial charge in [-0.2, -0.15) is 0 Å². The number of rotatable bonds is 9. The van der Waals surface area contributed by atoms with Gasteiger partial charge in [0.05, 0.1) is 0 Å². The Balaban J connectivity index is 0.00000441. The first-order chi connectivity index (χ1) is 10.2. The monoisotopic (exact) mass is 424 g/mol. The standard InChI is InChI=1S/C17H36N4.HI/c1-5-8-9-10-15(4)20-17(18-6-2)19-13-16-11-12-21(7-3)14-16;/h15-16H,5-14H2,1-4H3,(H2,18,19,20);1H. The fourth-order valence-corrected chi connectivity index (χ4v) is 2.90. The summed E-state index contributed by atoms with van der Waals surface area (Å²) in [6, 6.07) is 0.505. The normalized spacial score (nSPS) is 20.5. The maximum atomic E-state index is 4.80. The summed E-state index contributed by atoms with van der Waals surface area (Å²) in [7, 11) is 0. The summed E-state index contributed by atoms with van der Waals surface area (Å²) in [5, 5.41) is 6.93. The first-order valence-electron chi connectivity index (χ1n) is 8.96. The van der Waals surface area contributed by atoms with Gasteiger partial charge in [-0.25, -0.2) is 0 Å². The molecule has 0 radical (unpaired) electrons. The van der Waals surface area contributed by atoms with Crippen LogP contribution in [0.3, 0.4) is 0 Å². The Bertz CT molecular complexity index is 296. The molecular formula is C17H37IN4. The molecule has 0 saturated carbocycles. The molecule has 0 spiro atoms. The summed E-state index contributed by atoms with van der Waals surface area (Å²) < 4.78 is 0. The Morgan fingerprint density at radius 1 is 1.27 bits per heavy atom. The third kappa shape index (κ3) is 9.18. The van der Waals surface area contributed by atoms with Gasteiger partial charge in [-0.15, -0.1) is 24.0 Å². The molecule has 1 rings (SSSR count). The van der Waals surface area contributed by atoms with E-state index in [9.17, 15) is 0 Å². The summed E-state index contributed by atoms with van der Waals surface area (Å²) in [5.41, 5.74) is 0. The van der Waals surface area contributed by atoms with E-state index >= 15 is 0 Å². The van der Waals surface area contributed by atoms with Crippen LogP contribution in [0.15, 0.2) is 4.99 Å². The highest BCUT2D eigenvalue weighted by Gasteiger charge is 2.20. The zero-order chi connectivity index (χ0) is 15.5. The Hall–Kier alpha value is -0.0400. The summed E-state index contributed by atoms with van der Waals surface area (Å²) in [6.45, 7) is 14.4. The van der Waals surface area contributed by atoms with Gasteiger partial charge in [-0.3, -0.25) is 4.99 Å². The fraction of sp³-hybridized carbons (Fsp3) is 0.941. The third-order valence-electron chi connectivity index (χ3n) is 4.29. The molecule has 0 aromatic carbocycles. The minimum absolute atomic E-state index is 0. The molecule has 0 amide bonds. The van der Waals surface area contributed by atoms with Crippen LogP contribution >= 0.6 is 24.0 Å². The van der Waals surface area contributed by atoms with Crippen molar-refractivity contribution < 1.29 is 0 Å². The summed E-state index contributed by atoms with van der Waals surface area (Å²) >= 11 is 0. The van der Waals surface area contributed by atoms with Crippen molar-refractivity contribution >= 4 is 29.9 Å². The quantitative estimate of drug-likeness (QED) is 0.258. The largest absolute Gasteiger partial charge is 0.357 e. The first kappa shape index (κ1) is 22.0. The number of guanidine groups is 1. The highest BCUT2D eigenvalue weighted by Crippen LogP contribution is 2.15. The van der Waals surface area contributed by atoms with E-state index in [1.165, 1.54) is 51.7 Å². The van der Waals surface area contributed by atoms with Gasteiger partial charge in [0, 0.05) is 25.7 Å². The molecule has 0 aromatic heterocycles. The number of likely N-dealkylation sites (tertiary alicyclic amines) is 1. The number of nitrogens with one attached hydrogen (secondary N) is 2. The highest BCUT2D eigenvalue weighted by atomic mass is 127. The number of hydrogen-bond acceptors (Lipinski definition) is 2. The minimum Gasteiger partial charge on any atom is -0.357 e. The molecule has 22 heavy (non-hydrogen) atoms. The second kappa shape index (κ2) is 13.4. The van der Waals surface area contributed by atoms with Crippen molar-refractivity contribution in [3.05, 3.63) is 0 Å². The van der Waals surface area contributed by atoms with Crippen LogP contribution in [-0.2, 0) is 0 Å². The van der Waals surface area contributed by atoms with Crippen molar-refractivity contribution in [2.24, 2.45) is 10.9 Å². The number of unbranched alkanes of at least 4 members (excludes halogenated alkanes) is 2. The van der Waals surface area contributed by atoms with Crippen LogP contribution in [0.5, 0.6) is 0 Å². The molecule has 0 bridgehead atoms. The molecule has 5 heteroatoms. The molecule has 1 saturated heterocycles. The molecule has 1 aliphatic rings. The number of aliphatic imine (C=N–C) groups is 1. The van der Waals surface area contributed by atoms with E-state index in [1.807, 2.05) is 0 Å². The van der Waals surface area contributed by atoms with Crippen LogP contribution in [0.1, 0.15) is 59.8 Å². The topological polar surface area (TPSA) is 39.7 Å². The molecule has 2 unspecified atom stereocenters. The van der Waals surface area contributed by atoms with Gasteiger partial charge in [0.2, 0.25) is 0 Å². The summed E-state index contributed by atoms with van der Waals surface area (Å²) in [5.74, 6) is 1.73. The van der Waals surface area contributed by atoms with Crippen molar-refractivity contribution in [2.45, 2.75) is 65.8 Å². The predicted molar refractivity (Wildman–Crippen MR) is 108 cm³/mol. The lowest BCUT2D eigenvalue weighted by atomic mass is 10.1. The van der Waals surface area contributed by atoms with Crippen molar-refractivity contribution in [2.75, 3.05) is 32.7 Å². The summed E-state index contributed by atoms with van der Waals surface area (Å²) in [4.78, 5) is 7.32. The minimum atomic E-state index is 0. The second-order valence-electron chi connectivity index (χ2n) is 6.31. The van der Waals surface area contributed by atoms with E-state index in [0.29, 0.717) is 6.04 Å². The van der Waals surface area contributed by atoms with Gasteiger partial charge in [-0.05, 0) is 45.7 Å². The van der Waals surface area contributed by atoms with Gasteiger partial charge in [0.1, 0.15) is 0 Å². The maximum absolute atomic E-state index is 4.80. The van der Waals surface area contributed by atoms with Crippen LogP contribution in [0.4, 0.5) is 0 Å². The van der Waals surface area contributed by atoms with Crippen LogP contribution in [0.2, 0.25) is 0 Å². The Labute approximate surface area is 154 Å². The Kier molecular flexibility index (Phi) is 13.4. The fourth-order valence-electron chi connectivity index (χ4n) is 2.90. The molecule has 4 nitrogen and oxygen atoms in total. The Morgan fingerprint density at radius 3 is 2.64 bits per heavy atom. The van der Waals surface area contributed by atoms with Crippen molar-refractivity contribution in [3.63, 3.8) is 0 Å². The van der Waals surface area contributed by atoms with Crippen molar-refractivity contribution in [1.29, 1.82) is 0 Å². The van der Waals surface area contributed by atoms with Gasteiger partial charge >= 0.3 is 0 Å². The average Bonchev–Trinajstić information content (AvgIpc) is 2.93. The number of halogens is 1. The second-order valence-corrected chi connectivity index (χ2v) is 6.31. The molecule has 1 heterocycles. The molecule has 1 fully saturated rings. The smallest absolute Gasteiger partial charge is 0.191 e. The lowest BCUT2D eigenvalue weighted by molar-refractivity contribution is 0.343. The predicted octanol–water partition coefficient (Wildman–Crippen LogP) is 3.47. The number of nitrogens with zero attached hydrogens (tertiary/aromatic N) is 2. The van der Waals surface area contributed by atoms with Crippen LogP contribution < -0.4 is 10.6 Å². The van der Waals surface area contributed by atoms with Gasteiger partial charge in [0.25, 0.3) is 0 Å². The molecule has 1 aliphatic heterocycles. The van der Waals surface area contributed by atoms with Crippen LogP contribution in [0.25, 0.3) is 0 Å². The third-order valence-corrected chi connectivity index (χ3v) is 4.29. The zero-order valence-electron chi connectivity index (χ0n) is 15.0. The highest BCUT2D eigenvalue weighted by molar-refractivity contribution is 14.0. The van der Waals surface area contributed by atoms with E-state index in [-0.39, 0.29) is 24.0 Å². The van der Waals surface area contributed by atoms with Gasteiger partial charge < -0.3 is 15.5 Å². The first-order valence-corrected chi connectivity index (χ1v) is 8.96. The van der Waals surface area contributed by atoms with Gasteiger partial charge in [0.15, 0.2) is 5.96 Å². The molecule has 2 N–H and O–H groups in total. The van der Waals surface area contributed by atoms with Crippen LogP contribution in [0, 0.1) is 5.92 Å². The lowest BCUT2D eigenvalue weighted by Gasteiger charge is -2.18. The van der Waals surface area contributed by atoms with Gasteiger partial charge in [-0.1, -0.05) is 33.1 Å². The lowest BCUT2D eigenvalue weighted by Crippen LogP contribution is -2.42. The van der Waals surface area contributed by atoms with Crippen LogP contribution in [-0.4, -0.2) is 49.6 Å². The molecule has 0 aliphatic carbocycles. The maximum Gasteiger partial charge on any atom is 0.191 e. The van der Waals surface area contributed by atoms with E-state index in [2.05, 4.69) is 43.2 Å². The Morgan fingerprint density at radius 2 is 2.05 bits per heavy atom. The van der Waals surface area contributed by atoms with E-state index < -0.39 is 0 Å². The average molecular weight is 424 g/mol.